The number of alkyl halides is 2. The lowest BCUT2D eigenvalue weighted by Gasteiger charge is -2.24. The minimum atomic E-state index is -2.91. The molecule has 0 spiro atoms. The molecule has 0 radical (unpaired) electrons. The quantitative estimate of drug-likeness (QED) is 0.573. The van der Waals surface area contributed by atoms with Crippen molar-refractivity contribution in [2.24, 2.45) is 0 Å². The fourth-order valence-electron chi connectivity index (χ4n) is 3.20. The van der Waals surface area contributed by atoms with Gasteiger partial charge in [-0.25, -0.2) is 9.07 Å². The molecule has 4 rings (SSSR count). The third-order valence-electron chi connectivity index (χ3n) is 4.70. The largest absolute Gasteiger partial charge is 0.435 e. The van der Waals surface area contributed by atoms with E-state index in [4.69, 9.17) is 4.74 Å². The van der Waals surface area contributed by atoms with Crippen LogP contribution < -0.4 is 15.4 Å². The average Bonchev–Trinajstić information content (AvgIpc) is 3.25. The van der Waals surface area contributed by atoms with Gasteiger partial charge in [0.25, 0.3) is 5.91 Å². The first kappa shape index (κ1) is 23.6. The highest BCUT2D eigenvalue weighted by Crippen LogP contribution is 2.25. The lowest BCUT2D eigenvalue weighted by molar-refractivity contribution is -0.0498. The van der Waals surface area contributed by atoms with Crippen LogP contribution in [0.1, 0.15) is 22.0 Å². The molecule has 1 amide bonds. The summed E-state index contributed by atoms with van der Waals surface area (Å²) in [6.07, 6.45) is 2.46. The predicted octanol–water partition coefficient (Wildman–Crippen LogP) is 3.95. The number of nitrogens with zero attached hydrogens (tertiary/aromatic N) is 2. The molecule has 2 heterocycles. The number of hydrogen-bond donors (Lipinski definition) is 2. The van der Waals surface area contributed by atoms with Crippen LogP contribution in [0.5, 0.6) is 5.75 Å². The van der Waals surface area contributed by atoms with Gasteiger partial charge in [0.15, 0.2) is 0 Å². The fourth-order valence-corrected chi connectivity index (χ4v) is 3.20. The molecule has 0 aliphatic carbocycles. The molecule has 0 unspecified atom stereocenters. The number of carbonyl (C=O) groups is 1. The van der Waals surface area contributed by atoms with Gasteiger partial charge in [0.05, 0.1) is 30.2 Å². The highest BCUT2D eigenvalue weighted by molar-refractivity contribution is 6.04. The molecule has 1 aromatic heterocycles. The van der Waals surface area contributed by atoms with Gasteiger partial charge < -0.3 is 20.1 Å². The highest BCUT2D eigenvalue weighted by atomic mass is 35.5. The average molecular weight is 469 g/mol. The number of benzene rings is 2. The van der Waals surface area contributed by atoms with E-state index in [1.165, 1.54) is 47.4 Å². The van der Waals surface area contributed by atoms with Gasteiger partial charge >= 0.3 is 6.61 Å². The zero-order valence-electron chi connectivity index (χ0n) is 16.6. The second-order valence-corrected chi connectivity index (χ2v) is 6.80. The number of amides is 1. The summed E-state index contributed by atoms with van der Waals surface area (Å²) in [6.45, 7) is -1.14. The van der Waals surface area contributed by atoms with E-state index >= 15 is 0 Å². The summed E-state index contributed by atoms with van der Waals surface area (Å²) in [5, 5.41) is 9.88. The minimum absolute atomic E-state index is 0. The van der Waals surface area contributed by atoms with Crippen molar-refractivity contribution in [3.8, 4) is 11.4 Å². The number of anilines is 1. The van der Waals surface area contributed by atoms with Crippen LogP contribution >= 0.6 is 12.4 Å². The number of ether oxygens (including phenoxy) is 2. The first-order valence-electron chi connectivity index (χ1n) is 9.52. The summed E-state index contributed by atoms with van der Waals surface area (Å²) >= 11 is 0. The monoisotopic (exact) mass is 468 g/mol. The van der Waals surface area contributed by atoms with Crippen molar-refractivity contribution >= 4 is 24.0 Å². The standard InChI is InChI=1S/C21H19F3N4O3.ClH/c22-18-9-14(1-6-17(18)19-11-25-7-8-30-19)27-20(29)13-10-26-28(12-13)15-2-4-16(5-3-15)31-21(23)24;/h1-6,9-10,12,19,21,25H,7-8,11H2,(H,27,29);1H/t19-;/m1./s1. The van der Waals surface area contributed by atoms with E-state index in [1.54, 1.807) is 12.1 Å². The first-order valence-corrected chi connectivity index (χ1v) is 9.52. The third kappa shape index (κ3) is 5.58. The van der Waals surface area contributed by atoms with Gasteiger partial charge in [-0.3, -0.25) is 4.79 Å². The second-order valence-electron chi connectivity index (χ2n) is 6.80. The molecule has 1 fully saturated rings. The molecule has 7 nitrogen and oxygen atoms in total. The zero-order chi connectivity index (χ0) is 21.8. The van der Waals surface area contributed by atoms with Crippen LogP contribution in [0.25, 0.3) is 5.69 Å². The number of carbonyl (C=O) groups excluding carboxylic acids is 1. The Balaban J connectivity index is 0.00000289. The summed E-state index contributed by atoms with van der Waals surface area (Å²) < 4.78 is 50.2. The second kappa shape index (κ2) is 10.5. The predicted molar refractivity (Wildman–Crippen MR) is 113 cm³/mol. The Morgan fingerprint density at radius 1 is 1.25 bits per heavy atom. The summed E-state index contributed by atoms with van der Waals surface area (Å²) in [7, 11) is 0. The van der Waals surface area contributed by atoms with E-state index in [1.807, 2.05) is 0 Å². The molecular weight excluding hydrogens is 449 g/mol. The van der Waals surface area contributed by atoms with Gasteiger partial charge in [0, 0.05) is 30.5 Å². The number of hydrogen-bond acceptors (Lipinski definition) is 5. The van der Waals surface area contributed by atoms with Gasteiger partial charge in [-0.05, 0) is 36.4 Å². The van der Waals surface area contributed by atoms with Gasteiger partial charge in [-0.15, -0.1) is 12.4 Å². The van der Waals surface area contributed by atoms with Crippen molar-refractivity contribution in [2.45, 2.75) is 12.7 Å². The summed E-state index contributed by atoms with van der Waals surface area (Å²) in [5.74, 6) is -0.913. The Morgan fingerprint density at radius 3 is 2.69 bits per heavy atom. The Hall–Kier alpha value is -3.08. The molecule has 3 aromatic rings. The van der Waals surface area contributed by atoms with Crippen molar-refractivity contribution in [3.63, 3.8) is 0 Å². The van der Waals surface area contributed by atoms with Crippen LogP contribution in [-0.2, 0) is 4.74 Å². The van der Waals surface area contributed by atoms with Crippen molar-refractivity contribution < 1.29 is 27.4 Å². The summed E-state index contributed by atoms with van der Waals surface area (Å²) in [5.41, 5.74) is 1.53. The zero-order valence-corrected chi connectivity index (χ0v) is 17.4. The van der Waals surface area contributed by atoms with Crippen LogP contribution in [0.3, 0.4) is 0 Å². The van der Waals surface area contributed by atoms with Crippen LogP contribution in [-0.4, -0.2) is 42.0 Å². The number of rotatable bonds is 6. The molecule has 32 heavy (non-hydrogen) atoms. The topological polar surface area (TPSA) is 77.4 Å². The van der Waals surface area contributed by atoms with E-state index in [-0.39, 0.29) is 29.8 Å². The highest BCUT2D eigenvalue weighted by Gasteiger charge is 2.20. The van der Waals surface area contributed by atoms with Crippen LogP contribution in [0, 0.1) is 5.82 Å². The Morgan fingerprint density at radius 2 is 2.03 bits per heavy atom. The Labute approximate surface area is 187 Å². The molecule has 2 N–H and O–H groups in total. The van der Waals surface area contributed by atoms with E-state index in [9.17, 15) is 18.0 Å². The minimum Gasteiger partial charge on any atom is -0.435 e. The third-order valence-corrected chi connectivity index (χ3v) is 4.70. The number of halogens is 4. The van der Waals surface area contributed by atoms with E-state index in [2.05, 4.69) is 20.5 Å². The lowest BCUT2D eigenvalue weighted by Crippen LogP contribution is -2.33. The summed E-state index contributed by atoms with van der Waals surface area (Å²) in [4.78, 5) is 12.5. The number of nitrogens with one attached hydrogen (secondary N) is 2. The van der Waals surface area contributed by atoms with Gasteiger partial charge in [-0.1, -0.05) is 6.07 Å². The maximum atomic E-state index is 14.5. The van der Waals surface area contributed by atoms with Crippen molar-refractivity contribution in [1.29, 1.82) is 0 Å². The maximum absolute atomic E-state index is 14.5. The molecule has 1 saturated heterocycles. The normalized spacial score (nSPS) is 15.8. The van der Waals surface area contributed by atoms with Gasteiger partial charge in [0.1, 0.15) is 11.6 Å². The Kier molecular flexibility index (Phi) is 7.73. The van der Waals surface area contributed by atoms with E-state index in [0.717, 1.165) is 6.54 Å². The van der Waals surface area contributed by atoms with E-state index in [0.29, 0.717) is 30.1 Å². The van der Waals surface area contributed by atoms with E-state index < -0.39 is 18.3 Å². The molecule has 170 valence electrons. The molecule has 0 saturated carbocycles. The molecule has 1 atom stereocenters. The molecule has 1 aliphatic rings. The molecular formula is C21H20ClF3N4O3. The number of morpholine rings is 1. The molecule has 11 heteroatoms. The molecule has 0 bridgehead atoms. The first-order chi connectivity index (χ1) is 15.0. The van der Waals surface area contributed by atoms with Crippen molar-refractivity contribution in [2.75, 3.05) is 25.0 Å². The smallest absolute Gasteiger partial charge is 0.387 e. The number of aromatic nitrogens is 2. The van der Waals surface area contributed by atoms with Crippen LogP contribution in [0.2, 0.25) is 0 Å². The maximum Gasteiger partial charge on any atom is 0.387 e. The fraction of sp³-hybridized carbons (Fsp3) is 0.238. The lowest BCUT2D eigenvalue weighted by atomic mass is 10.1. The molecule has 1 aliphatic heterocycles. The van der Waals surface area contributed by atoms with Gasteiger partial charge in [0.2, 0.25) is 0 Å². The van der Waals surface area contributed by atoms with Crippen LogP contribution in [0.15, 0.2) is 54.9 Å². The van der Waals surface area contributed by atoms with Crippen molar-refractivity contribution in [1.82, 2.24) is 15.1 Å². The van der Waals surface area contributed by atoms with Crippen LogP contribution in [0.4, 0.5) is 18.9 Å². The van der Waals surface area contributed by atoms with Crippen molar-refractivity contribution in [3.05, 3.63) is 71.8 Å². The SMILES string of the molecule is Cl.O=C(Nc1ccc([C@H]2CNCCO2)c(F)c1)c1cnn(-c2ccc(OC(F)F)cc2)c1. The van der Waals surface area contributed by atoms with Gasteiger partial charge in [-0.2, -0.15) is 13.9 Å². The summed E-state index contributed by atoms with van der Waals surface area (Å²) in [6, 6.07) is 10.3. The molecule has 2 aromatic carbocycles. The Bertz CT molecular complexity index is 1060.